The average Bonchev–Trinajstić information content (AvgIpc) is 2.79. The molecule has 22 heavy (non-hydrogen) atoms. The molecule has 0 spiro atoms. The highest BCUT2D eigenvalue weighted by Gasteiger charge is 2.19. The summed E-state index contributed by atoms with van der Waals surface area (Å²) >= 11 is 0. The first-order valence-electron chi connectivity index (χ1n) is 8.21. The van der Waals surface area contributed by atoms with E-state index in [0.717, 1.165) is 24.2 Å². The Hall–Kier alpha value is -1.62. The van der Waals surface area contributed by atoms with Crippen molar-refractivity contribution in [1.82, 2.24) is 15.2 Å². The predicted octanol–water partition coefficient (Wildman–Crippen LogP) is 2.44. The van der Waals surface area contributed by atoms with Crippen LogP contribution in [0.15, 0.2) is 0 Å². The second-order valence-electron chi connectivity index (χ2n) is 6.19. The van der Waals surface area contributed by atoms with Crippen molar-refractivity contribution in [3.05, 3.63) is 22.5 Å². The number of piperidine rings is 1. The molecule has 1 aromatic heterocycles. The van der Waals surface area contributed by atoms with Gasteiger partial charge in [0.25, 0.3) is 5.91 Å². The van der Waals surface area contributed by atoms with Gasteiger partial charge in [0.1, 0.15) is 5.69 Å². The van der Waals surface area contributed by atoms with E-state index in [1.54, 1.807) is 0 Å². The van der Waals surface area contributed by atoms with Gasteiger partial charge in [-0.15, -0.1) is 0 Å². The summed E-state index contributed by atoms with van der Waals surface area (Å²) in [6.45, 7) is 9.27. The van der Waals surface area contributed by atoms with Gasteiger partial charge >= 0.3 is 0 Å². The Bertz CT molecular complexity index is 542. The van der Waals surface area contributed by atoms with Crippen LogP contribution in [-0.2, 0) is 0 Å². The second kappa shape index (κ2) is 7.58. The van der Waals surface area contributed by atoms with Crippen LogP contribution in [-0.4, -0.2) is 47.8 Å². The number of amides is 1. The van der Waals surface area contributed by atoms with Crippen LogP contribution >= 0.6 is 0 Å². The number of aryl methyl sites for hydroxylation is 1. The number of nitrogens with one attached hydrogen (secondary N) is 2. The number of likely N-dealkylation sites (tertiary alicyclic amines) is 1. The largest absolute Gasteiger partial charge is 0.354 e. The van der Waals surface area contributed by atoms with Gasteiger partial charge in [-0.25, -0.2) is 0 Å². The molecule has 0 radical (unpaired) electrons. The van der Waals surface area contributed by atoms with Gasteiger partial charge in [-0.1, -0.05) is 6.42 Å². The molecule has 1 aliphatic rings. The number of nitrogens with zero attached hydrogens (tertiary/aromatic N) is 1. The van der Waals surface area contributed by atoms with E-state index >= 15 is 0 Å². The molecule has 2 heterocycles. The van der Waals surface area contributed by atoms with Gasteiger partial charge in [0.05, 0.1) is 0 Å². The molecule has 1 fully saturated rings. The Morgan fingerprint density at radius 3 is 2.45 bits per heavy atom. The first-order chi connectivity index (χ1) is 10.5. The molecule has 0 atom stereocenters. The number of hydrogen-bond donors (Lipinski definition) is 2. The van der Waals surface area contributed by atoms with Crippen molar-refractivity contribution in [3.63, 3.8) is 0 Å². The zero-order valence-electron chi connectivity index (χ0n) is 13.9. The molecule has 1 amide bonds. The van der Waals surface area contributed by atoms with E-state index in [0.29, 0.717) is 17.8 Å². The Balaban J connectivity index is 1.82. The second-order valence-corrected chi connectivity index (χ2v) is 6.19. The van der Waals surface area contributed by atoms with Crippen LogP contribution in [0, 0.1) is 13.8 Å². The van der Waals surface area contributed by atoms with Gasteiger partial charge in [0.15, 0.2) is 5.78 Å². The topological polar surface area (TPSA) is 65.2 Å². The molecule has 5 nitrogen and oxygen atoms in total. The minimum absolute atomic E-state index is 0.00426. The van der Waals surface area contributed by atoms with Crippen molar-refractivity contribution < 1.29 is 9.59 Å². The summed E-state index contributed by atoms with van der Waals surface area (Å²) < 4.78 is 0. The van der Waals surface area contributed by atoms with E-state index in [2.05, 4.69) is 15.2 Å². The van der Waals surface area contributed by atoms with Crippen LogP contribution in [0.5, 0.6) is 0 Å². The minimum atomic E-state index is -0.119. The van der Waals surface area contributed by atoms with E-state index < -0.39 is 0 Å². The molecule has 1 saturated heterocycles. The molecule has 0 aliphatic carbocycles. The highest BCUT2D eigenvalue weighted by molar-refractivity contribution is 6.02. The number of ketones is 1. The lowest BCUT2D eigenvalue weighted by Gasteiger charge is -2.26. The van der Waals surface area contributed by atoms with Crippen LogP contribution in [0.25, 0.3) is 0 Å². The first kappa shape index (κ1) is 16.7. The highest BCUT2D eigenvalue weighted by atomic mass is 16.2. The van der Waals surface area contributed by atoms with Crippen molar-refractivity contribution in [3.8, 4) is 0 Å². The van der Waals surface area contributed by atoms with Crippen LogP contribution in [0.4, 0.5) is 0 Å². The summed E-state index contributed by atoms with van der Waals surface area (Å²) in [5.41, 5.74) is 2.67. The number of H-pyrrole nitrogens is 1. The maximum atomic E-state index is 12.2. The van der Waals surface area contributed by atoms with Crippen LogP contribution in [0.3, 0.4) is 0 Å². The minimum Gasteiger partial charge on any atom is -0.354 e. The third-order valence-corrected chi connectivity index (χ3v) is 4.40. The number of aromatic nitrogens is 1. The molecule has 0 bridgehead atoms. The lowest BCUT2D eigenvalue weighted by Crippen LogP contribution is -2.33. The lowest BCUT2D eigenvalue weighted by atomic mass is 10.1. The Morgan fingerprint density at radius 1 is 1.18 bits per heavy atom. The fourth-order valence-electron chi connectivity index (χ4n) is 3.28. The maximum Gasteiger partial charge on any atom is 0.268 e. The summed E-state index contributed by atoms with van der Waals surface area (Å²) in [5, 5.41) is 2.95. The smallest absolute Gasteiger partial charge is 0.268 e. The normalized spacial score (nSPS) is 15.8. The SMILES string of the molecule is CC(=O)c1c(C)[nH]c(C(=O)NCCCN2CCCCC2)c1C. The summed E-state index contributed by atoms with van der Waals surface area (Å²) in [5.74, 6) is -0.123. The van der Waals surface area contributed by atoms with Gasteiger partial charge in [-0.2, -0.15) is 0 Å². The third kappa shape index (κ3) is 3.97. The fourth-order valence-corrected chi connectivity index (χ4v) is 3.28. The summed E-state index contributed by atoms with van der Waals surface area (Å²) in [6, 6.07) is 0. The molecular weight excluding hydrogens is 278 g/mol. The number of carbonyl (C=O) groups excluding carboxylic acids is 2. The van der Waals surface area contributed by atoms with E-state index in [-0.39, 0.29) is 11.7 Å². The van der Waals surface area contributed by atoms with E-state index in [9.17, 15) is 9.59 Å². The standard InChI is InChI=1S/C17H27N3O2/c1-12-15(14(3)21)13(2)19-16(12)17(22)18-8-7-11-20-9-5-4-6-10-20/h19H,4-11H2,1-3H3,(H,18,22). The van der Waals surface area contributed by atoms with Crippen LogP contribution in [0.2, 0.25) is 0 Å². The highest BCUT2D eigenvalue weighted by Crippen LogP contribution is 2.18. The molecule has 0 unspecified atom stereocenters. The zero-order valence-corrected chi connectivity index (χ0v) is 13.9. The summed E-state index contributed by atoms with van der Waals surface area (Å²) in [7, 11) is 0. The van der Waals surface area contributed by atoms with Crippen LogP contribution in [0.1, 0.15) is 64.7 Å². The van der Waals surface area contributed by atoms with Crippen LogP contribution < -0.4 is 5.32 Å². The van der Waals surface area contributed by atoms with E-state index in [1.165, 1.54) is 39.3 Å². The van der Waals surface area contributed by atoms with Crippen molar-refractivity contribution in [2.75, 3.05) is 26.2 Å². The number of aromatic amines is 1. The van der Waals surface area contributed by atoms with E-state index in [1.807, 2.05) is 13.8 Å². The Labute approximate surface area is 132 Å². The summed E-state index contributed by atoms with van der Waals surface area (Å²) in [6.07, 6.45) is 4.89. The van der Waals surface area contributed by atoms with Gasteiger partial charge in [-0.3, -0.25) is 9.59 Å². The monoisotopic (exact) mass is 305 g/mol. The van der Waals surface area contributed by atoms with E-state index in [4.69, 9.17) is 0 Å². The van der Waals surface area contributed by atoms with Gasteiger partial charge < -0.3 is 15.2 Å². The quantitative estimate of drug-likeness (QED) is 0.627. The van der Waals surface area contributed by atoms with Crippen molar-refractivity contribution in [1.29, 1.82) is 0 Å². The molecule has 2 rings (SSSR count). The lowest BCUT2D eigenvalue weighted by molar-refractivity contribution is 0.0945. The van der Waals surface area contributed by atoms with Crippen molar-refractivity contribution >= 4 is 11.7 Å². The van der Waals surface area contributed by atoms with Gasteiger partial charge in [0.2, 0.25) is 0 Å². The molecule has 0 saturated carbocycles. The first-order valence-corrected chi connectivity index (χ1v) is 8.21. The number of carbonyl (C=O) groups is 2. The van der Waals surface area contributed by atoms with Gasteiger partial charge in [0, 0.05) is 17.8 Å². The molecule has 0 aromatic carbocycles. The zero-order chi connectivity index (χ0) is 16.1. The Morgan fingerprint density at radius 2 is 1.86 bits per heavy atom. The molecule has 2 N–H and O–H groups in total. The summed E-state index contributed by atoms with van der Waals surface area (Å²) in [4.78, 5) is 29.3. The van der Waals surface area contributed by atoms with Crippen molar-refractivity contribution in [2.24, 2.45) is 0 Å². The average molecular weight is 305 g/mol. The molecule has 5 heteroatoms. The molecule has 1 aliphatic heterocycles. The third-order valence-electron chi connectivity index (χ3n) is 4.40. The molecule has 1 aromatic rings. The number of Topliss-reactive ketones (excluding diaryl/α,β-unsaturated/α-hetero) is 1. The Kier molecular flexibility index (Phi) is 5.77. The molecular formula is C17H27N3O2. The molecule has 122 valence electrons. The number of rotatable bonds is 6. The number of hydrogen-bond acceptors (Lipinski definition) is 3. The van der Waals surface area contributed by atoms with Crippen molar-refractivity contribution in [2.45, 2.75) is 46.5 Å². The predicted molar refractivity (Wildman–Crippen MR) is 87.5 cm³/mol. The fraction of sp³-hybridized carbons (Fsp3) is 0.647. The maximum absolute atomic E-state index is 12.2. The van der Waals surface area contributed by atoms with Gasteiger partial charge in [-0.05, 0) is 65.2 Å².